The van der Waals surface area contributed by atoms with E-state index in [4.69, 9.17) is 11.6 Å². The molecule has 0 aliphatic rings. The van der Waals surface area contributed by atoms with Gasteiger partial charge in [-0.15, -0.1) is 24.8 Å². The van der Waals surface area contributed by atoms with E-state index in [2.05, 4.69) is 10.3 Å². The molecule has 1 aromatic carbocycles. The summed E-state index contributed by atoms with van der Waals surface area (Å²) in [5.41, 5.74) is 8.63. The van der Waals surface area contributed by atoms with Gasteiger partial charge in [-0.25, -0.2) is 10.8 Å². The van der Waals surface area contributed by atoms with Gasteiger partial charge in [-0.1, -0.05) is 30.3 Å². The van der Waals surface area contributed by atoms with Crippen LogP contribution in [0.15, 0.2) is 42.5 Å². The summed E-state index contributed by atoms with van der Waals surface area (Å²) >= 11 is 0. The highest BCUT2D eigenvalue weighted by Crippen LogP contribution is 2.14. The maximum absolute atomic E-state index is 11.1. The number of carbonyl (C=O) groups excluding carboxylic acids is 2. The zero-order valence-electron chi connectivity index (χ0n) is 14.3. The molecule has 7 nitrogen and oxygen atoms in total. The van der Waals surface area contributed by atoms with Crippen molar-refractivity contribution in [2.45, 2.75) is 25.9 Å². The van der Waals surface area contributed by atoms with Crippen LogP contribution in [-0.2, 0) is 22.4 Å². The van der Waals surface area contributed by atoms with E-state index in [1.165, 1.54) is 6.92 Å². The topological polar surface area (TPSA) is 114 Å². The minimum absolute atomic E-state index is 0. The molecule has 2 aromatic rings. The molecular formula is C17H23Cl2N5O2. The molecule has 0 fully saturated rings. The lowest BCUT2D eigenvalue weighted by Gasteiger charge is -2.19. The molecule has 0 spiro atoms. The Hall–Kier alpha value is -2.19. The second-order valence-electron chi connectivity index (χ2n) is 5.43. The van der Waals surface area contributed by atoms with Gasteiger partial charge in [-0.05, 0) is 36.1 Å². The Bertz CT molecular complexity index is 713. The van der Waals surface area contributed by atoms with Gasteiger partial charge in [-0.3, -0.25) is 14.6 Å². The molecule has 26 heavy (non-hydrogen) atoms. The Morgan fingerprint density at radius 3 is 2.42 bits per heavy atom. The maximum atomic E-state index is 11.1. The van der Waals surface area contributed by atoms with Gasteiger partial charge < -0.3 is 11.1 Å². The van der Waals surface area contributed by atoms with Crippen LogP contribution in [0, 0.1) is 0 Å². The van der Waals surface area contributed by atoms with Gasteiger partial charge in [0.05, 0.1) is 0 Å². The fourth-order valence-electron chi connectivity index (χ4n) is 2.26. The average molecular weight is 400 g/mol. The summed E-state index contributed by atoms with van der Waals surface area (Å²) in [5.74, 6) is 5.88. The largest absolute Gasteiger partial charge is 0.311 e. The molecule has 0 aliphatic carbocycles. The standard InChI is InChI=1S/C17H21N5O2.2ClH/c1-12(24)20-16-4-2-3-15(21-16)10-7-13-5-8-14(9-6-13)17(18)22(19)11-23;;/h2-6,8-9,11,17H,7,10,18-19H2,1H3,(H,20,21,24);2*1H. The van der Waals surface area contributed by atoms with Crippen LogP contribution in [0.3, 0.4) is 0 Å². The Kier molecular flexibility index (Phi) is 10.5. The van der Waals surface area contributed by atoms with Crippen LogP contribution in [0.4, 0.5) is 5.82 Å². The number of halogens is 2. The number of nitrogens with zero attached hydrogens (tertiary/aromatic N) is 2. The second kappa shape index (κ2) is 11.4. The van der Waals surface area contributed by atoms with Crippen LogP contribution in [0.25, 0.3) is 0 Å². The number of rotatable bonds is 7. The van der Waals surface area contributed by atoms with Gasteiger partial charge >= 0.3 is 0 Å². The number of hydrogen-bond donors (Lipinski definition) is 3. The molecule has 0 saturated carbocycles. The van der Waals surface area contributed by atoms with Crippen LogP contribution in [-0.4, -0.2) is 22.3 Å². The van der Waals surface area contributed by atoms with Crippen LogP contribution in [0.2, 0.25) is 0 Å². The number of aromatic nitrogens is 1. The second-order valence-corrected chi connectivity index (χ2v) is 5.43. The maximum Gasteiger partial charge on any atom is 0.225 e. The number of benzene rings is 1. The molecule has 2 amide bonds. The smallest absolute Gasteiger partial charge is 0.225 e. The van der Waals surface area contributed by atoms with Crippen molar-refractivity contribution >= 4 is 42.9 Å². The number of aryl methyl sites for hydroxylation is 2. The molecule has 0 saturated heterocycles. The quantitative estimate of drug-likeness (QED) is 0.216. The van der Waals surface area contributed by atoms with Gasteiger partial charge in [0, 0.05) is 12.6 Å². The zero-order chi connectivity index (χ0) is 17.5. The molecule has 9 heteroatoms. The summed E-state index contributed by atoms with van der Waals surface area (Å²) in [6.07, 6.45) is 1.38. The molecule has 0 aliphatic heterocycles. The molecule has 1 heterocycles. The normalized spacial score (nSPS) is 10.7. The molecule has 0 bridgehead atoms. The van der Waals surface area contributed by atoms with Crippen LogP contribution in [0.5, 0.6) is 0 Å². The summed E-state index contributed by atoms with van der Waals surface area (Å²) in [7, 11) is 0. The fraction of sp³-hybridized carbons (Fsp3) is 0.235. The molecule has 5 N–H and O–H groups in total. The monoisotopic (exact) mass is 399 g/mol. The number of pyridine rings is 1. The van der Waals surface area contributed by atoms with E-state index >= 15 is 0 Å². The molecule has 0 radical (unpaired) electrons. The third-order valence-electron chi connectivity index (χ3n) is 3.54. The number of amides is 2. The van der Waals surface area contributed by atoms with Crippen molar-refractivity contribution in [2.24, 2.45) is 11.6 Å². The lowest BCUT2D eigenvalue weighted by molar-refractivity contribution is -0.120. The van der Waals surface area contributed by atoms with E-state index < -0.39 is 6.17 Å². The van der Waals surface area contributed by atoms with E-state index in [-0.39, 0.29) is 30.7 Å². The Balaban J connectivity index is 0.00000312. The summed E-state index contributed by atoms with van der Waals surface area (Å²) in [4.78, 5) is 26.1. The third-order valence-corrected chi connectivity index (χ3v) is 3.54. The van der Waals surface area contributed by atoms with Gasteiger partial charge in [0.1, 0.15) is 12.0 Å². The molecule has 1 aromatic heterocycles. The highest BCUT2D eigenvalue weighted by atomic mass is 35.5. The van der Waals surface area contributed by atoms with Crippen molar-refractivity contribution in [1.29, 1.82) is 0 Å². The molecule has 142 valence electrons. The van der Waals surface area contributed by atoms with Gasteiger partial charge in [0.2, 0.25) is 12.3 Å². The number of carbonyl (C=O) groups is 2. The predicted octanol–water partition coefficient (Wildman–Crippen LogP) is 1.96. The number of nitrogens with two attached hydrogens (primary N) is 2. The number of hydrogen-bond acceptors (Lipinski definition) is 5. The van der Waals surface area contributed by atoms with Gasteiger partial charge in [0.25, 0.3) is 0 Å². The van der Waals surface area contributed by atoms with E-state index in [0.29, 0.717) is 12.2 Å². The van der Waals surface area contributed by atoms with E-state index in [0.717, 1.165) is 34.7 Å². The number of hydrazine groups is 1. The Labute approximate surface area is 164 Å². The Morgan fingerprint density at radius 1 is 1.19 bits per heavy atom. The predicted molar refractivity (Wildman–Crippen MR) is 106 cm³/mol. The molecule has 1 unspecified atom stereocenters. The van der Waals surface area contributed by atoms with Crippen molar-refractivity contribution in [3.8, 4) is 0 Å². The summed E-state index contributed by atoms with van der Waals surface area (Å²) in [6, 6.07) is 13.1. The molecular weight excluding hydrogens is 377 g/mol. The van der Waals surface area contributed by atoms with Crippen molar-refractivity contribution in [1.82, 2.24) is 9.99 Å². The first kappa shape index (κ1) is 23.8. The van der Waals surface area contributed by atoms with Crippen molar-refractivity contribution < 1.29 is 9.59 Å². The zero-order valence-corrected chi connectivity index (χ0v) is 15.9. The third kappa shape index (κ3) is 6.97. The van der Waals surface area contributed by atoms with Crippen molar-refractivity contribution in [2.75, 3.05) is 5.32 Å². The lowest BCUT2D eigenvalue weighted by atomic mass is 10.0. The fourth-order valence-corrected chi connectivity index (χ4v) is 2.26. The first-order valence-electron chi connectivity index (χ1n) is 7.56. The number of nitrogens with one attached hydrogen (secondary N) is 1. The Morgan fingerprint density at radius 2 is 1.85 bits per heavy atom. The van der Waals surface area contributed by atoms with Crippen LogP contribution < -0.4 is 16.9 Å². The molecule has 2 rings (SSSR count). The summed E-state index contributed by atoms with van der Waals surface area (Å²) in [5, 5.41) is 3.59. The average Bonchev–Trinajstić information content (AvgIpc) is 2.59. The lowest BCUT2D eigenvalue weighted by Crippen LogP contribution is -2.38. The minimum Gasteiger partial charge on any atom is -0.311 e. The summed E-state index contributed by atoms with van der Waals surface area (Å²) < 4.78 is 0. The first-order valence-corrected chi connectivity index (χ1v) is 7.56. The van der Waals surface area contributed by atoms with Gasteiger partial charge in [0.15, 0.2) is 0 Å². The number of anilines is 1. The first-order chi connectivity index (χ1) is 11.5. The van der Waals surface area contributed by atoms with E-state index in [1.54, 1.807) is 6.07 Å². The van der Waals surface area contributed by atoms with Gasteiger partial charge in [-0.2, -0.15) is 0 Å². The highest BCUT2D eigenvalue weighted by Gasteiger charge is 2.10. The molecule has 1 atom stereocenters. The van der Waals surface area contributed by atoms with Crippen molar-refractivity contribution in [3.05, 3.63) is 59.3 Å². The summed E-state index contributed by atoms with van der Waals surface area (Å²) in [6.45, 7) is 1.45. The highest BCUT2D eigenvalue weighted by molar-refractivity contribution is 5.87. The van der Waals surface area contributed by atoms with Crippen molar-refractivity contribution in [3.63, 3.8) is 0 Å². The van der Waals surface area contributed by atoms with E-state index in [9.17, 15) is 9.59 Å². The SMILES string of the molecule is CC(=O)Nc1cccc(CCc2ccc(C(N)N(N)C=O)cc2)n1.Cl.Cl. The van der Waals surface area contributed by atoms with Crippen LogP contribution in [0.1, 0.15) is 29.9 Å². The minimum atomic E-state index is -0.660. The van der Waals surface area contributed by atoms with Crippen LogP contribution >= 0.6 is 24.8 Å². The van der Waals surface area contributed by atoms with E-state index in [1.807, 2.05) is 36.4 Å².